The molecule has 1 aromatic heterocycles. The van der Waals surface area contributed by atoms with Gasteiger partial charge in [0.25, 0.3) is 0 Å². The molecule has 0 saturated carbocycles. The quantitative estimate of drug-likeness (QED) is 0.811. The van der Waals surface area contributed by atoms with E-state index in [2.05, 4.69) is 10.3 Å². The Balaban J connectivity index is 2.01. The van der Waals surface area contributed by atoms with Crippen molar-refractivity contribution >= 4 is 11.8 Å². The van der Waals surface area contributed by atoms with E-state index in [0.717, 1.165) is 24.0 Å². The van der Waals surface area contributed by atoms with Gasteiger partial charge in [0.2, 0.25) is 11.8 Å². The highest BCUT2D eigenvalue weighted by atomic mass is 16.2. The Morgan fingerprint density at radius 2 is 2.10 bits per heavy atom. The third-order valence-electron chi connectivity index (χ3n) is 4.18. The van der Waals surface area contributed by atoms with Gasteiger partial charge in [-0.1, -0.05) is 13.8 Å². The van der Waals surface area contributed by atoms with E-state index in [1.807, 2.05) is 26.8 Å². The number of hydrogen-bond acceptors (Lipinski definition) is 4. The number of aromatic nitrogens is 1. The zero-order valence-corrected chi connectivity index (χ0v) is 12.9. The van der Waals surface area contributed by atoms with Crippen molar-refractivity contribution in [2.75, 3.05) is 0 Å². The van der Waals surface area contributed by atoms with Crippen LogP contribution in [0.4, 0.5) is 0 Å². The highest BCUT2D eigenvalue weighted by Gasteiger charge is 2.40. The minimum Gasteiger partial charge on any atom is -0.301 e. The predicted molar refractivity (Wildman–Crippen MR) is 80.4 cm³/mol. The van der Waals surface area contributed by atoms with Gasteiger partial charge in [-0.05, 0) is 37.0 Å². The summed E-state index contributed by atoms with van der Waals surface area (Å²) in [5.41, 5.74) is 2.19. The number of carbonyl (C=O) groups is 2. The molecule has 2 rings (SSSR count). The van der Waals surface area contributed by atoms with Gasteiger partial charge in [-0.2, -0.15) is 0 Å². The standard InChI is InChI=1S/C16H23N3O2/c1-4-13(5-2)19-15(20)8-14(16(19)21)18-10-12-9-17-7-6-11(12)3/h6-7,9,13-14,18H,4-5,8,10H2,1-3H3. The third kappa shape index (κ3) is 3.29. The number of hydrogen-bond donors (Lipinski definition) is 1. The maximum Gasteiger partial charge on any atom is 0.247 e. The normalized spacial score (nSPS) is 18.9. The summed E-state index contributed by atoms with van der Waals surface area (Å²) in [5, 5.41) is 3.20. The number of amides is 2. The molecule has 1 N–H and O–H groups in total. The highest BCUT2D eigenvalue weighted by Crippen LogP contribution is 2.20. The average Bonchev–Trinajstić information content (AvgIpc) is 2.76. The molecule has 1 aromatic rings. The van der Waals surface area contributed by atoms with Gasteiger partial charge in [0, 0.05) is 25.0 Å². The summed E-state index contributed by atoms with van der Waals surface area (Å²) in [6, 6.07) is 1.56. The molecule has 0 aromatic carbocycles. The maximum absolute atomic E-state index is 12.4. The lowest BCUT2D eigenvalue weighted by Gasteiger charge is -2.24. The van der Waals surface area contributed by atoms with Crippen LogP contribution in [0.2, 0.25) is 0 Å². The molecular weight excluding hydrogens is 266 g/mol. The maximum atomic E-state index is 12.4. The second kappa shape index (κ2) is 6.80. The Bertz CT molecular complexity index is 526. The first-order valence-electron chi connectivity index (χ1n) is 7.57. The average molecular weight is 289 g/mol. The van der Waals surface area contributed by atoms with Gasteiger partial charge < -0.3 is 5.32 Å². The Morgan fingerprint density at radius 3 is 2.71 bits per heavy atom. The molecular formula is C16H23N3O2. The van der Waals surface area contributed by atoms with E-state index in [-0.39, 0.29) is 24.3 Å². The second-order valence-corrected chi connectivity index (χ2v) is 5.51. The summed E-state index contributed by atoms with van der Waals surface area (Å²) in [7, 11) is 0. The summed E-state index contributed by atoms with van der Waals surface area (Å²) in [6.45, 7) is 6.58. The van der Waals surface area contributed by atoms with Crippen molar-refractivity contribution in [3.8, 4) is 0 Å². The fourth-order valence-electron chi connectivity index (χ4n) is 2.76. The summed E-state index contributed by atoms with van der Waals surface area (Å²) >= 11 is 0. The molecule has 2 amide bonds. The number of likely N-dealkylation sites (tertiary alicyclic amines) is 1. The Hall–Kier alpha value is -1.75. The van der Waals surface area contributed by atoms with Crippen molar-refractivity contribution in [1.29, 1.82) is 0 Å². The van der Waals surface area contributed by atoms with Crippen LogP contribution >= 0.6 is 0 Å². The zero-order valence-electron chi connectivity index (χ0n) is 12.9. The van der Waals surface area contributed by atoms with Crippen molar-refractivity contribution in [3.05, 3.63) is 29.6 Å². The van der Waals surface area contributed by atoms with Crippen molar-refractivity contribution in [2.45, 2.75) is 58.7 Å². The van der Waals surface area contributed by atoms with Gasteiger partial charge >= 0.3 is 0 Å². The van der Waals surface area contributed by atoms with Crippen LogP contribution in [0, 0.1) is 6.92 Å². The lowest BCUT2D eigenvalue weighted by atomic mass is 10.1. The number of pyridine rings is 1. The van der Waals surface area contributed by atoms with E-state index in [0.29, 0.717) is 6.54 Å². The van der Waals surface area contributed by atoms with Crippen molar-refractivity contribution < 1.29 is 9.59 Å². The van der Waals surface area contributed by atoms with Gasteiger partial charge in [-0.25, -0.2) is 0 Å². The SMILES string of the molecule is CCC(CC)N1C(=O)CC(NCc2cnccc2C)C1=O. The fraction of sp³-hybridized carbons (Fsp3) is 0.562. The lowest BCUT2D eigenvalue weighted by molar-refractivity contribution is -0.141. The number of imide groups is 1. The molecule has 1 aliphatic rings. The number of nitrogens with zero attached hydrogens (tertiary/aromatic N) is 2. The van der Waals surface area contributed by atoms with E-state index >= 15 is 0 Å². The van der Waals surface area contributed by atoms with Gasteiger partial charge in [0.15, 0.2) is 0 Å². The molecule has 1 atom stereocenters. The van der Waals surface area contributed by atoms with Crippen LogP contribution in [0.3, 0.4) is 0 Å². The first kappa shape index (κ1) is 15.6. The number of rotatable bonds is 6. The van der Waals surface area contributed by atoms with Crippen LogP contribution in [0.25, 0.3) is 0 Å². The van der Waals surface area contributed by atoms with E-state index in [1.54, 1.807) is 12.4 Å². The first-order valence-corrected chi connectivity index (χ1v) is 7.57. The minimum atomic E-state index is -0.405. The number of nitrogens with one attached hydrogen (secondary N) is 1. The van der Waals surface area contributed by atoms with Crippen molar-refractivity contribution in [3.63, 3.8) is 0 Å². The van der Waals surface area contributed by atoms with Crippen LogP contribution in [-0.4, -0.2) is 33.8 Å². The van der Waals surface area contributed by atoms with E-state index < -0.39 is 6.04 Å². The molecule has 1 unspecified atom stereocenters. The van der Waals surface area contributed by atoms with Crippen molar-refractivity contribution in [2.24, 2.45) is 0 Å². The van der Waals surface area contributed by atoms with Crippen LogP contribution in [-0.2, 0) is 16.1 Å². The summed E-state index contributed by atoms with van der Waals surface area (Å²) < 4.78 is 0. The molecule has 0 aliphatic carbocycles. The minimum absolute atomic E-state index is 0.0249. The van der Waals surface area contributed by atoms with Gasteiger partial charge in [0.1, 0.15) is 0 Å². The van der Waals surface area contributed by atoms with Gasteiger partial charge in [-0.3, -0.25) is 19.5 Å². The van der Waals surface area contributed by atoms with Gasteiger partial charge in [-0.15, -0.1) is 0 Å². The largest absolute Gasteiger partial charge is 0.301 e. The van der Waals surface area contributed by atoms with Crippen LogP contribution in [0.5, 0.6) is 0 Å². The topological polar surface area (TPSA) is 62.3 Å². The monoisotopic (exact) mass is 289 g/mol. The number of carbonyl (C=O) groups excluding carboxylic acids is 2. The van der Waals surface area contributed by atoms with Gasteiger partial charge in [0.05, 0.1) is 12.5 Å². The molecule has 1 aliphatic heterocycles. The molecule has 21 heavy (non-hydrogen) atoms. The van der Waals surface area contributed by atoms with Crippen LogP contribution < -0.4 is 5.32 Å². The summed E-state index contributed by atoms with van der Waals surface area (Å²) in [6.07, 6.45) is 5.42. The number of aryl methyl sites for hydroxylation is 1. The second-order valence-electron chi connectivity index (χ2n) is 5.51. The molecule has 114 valence electrons. The van der Waals surface area contributed by atoms with Crippen LogP contribution in [0.15, 0.2) is 18.5 Å². The molecule has 1 fully saturated rings. The van der Waals surface area contributed by atoms with E-state index in [1.165, 1.54) is 4.90 Å². The molecule has 2 heterocycles. The third-order valence-corrected chi connectivity index (χ3v) is 4.18. The predicted octanol–water partition coefficient (Wildman–Crippen LogP) is 1.80. The lowest BCUT2D eigenvalue weighted by Crippen LogP contribution is -2.43. The molecule has 0 spiro atoms. The van der Waals surface area contributed by atoms with E-state index in [4.69, 9.17) is 0 Å². The molecule has 0 radical (unpaired) electrons. The summed E-state index contributed by atoms with van der Waals surface area (Å²) in [4.78, 5) is 30.0. The first-order chi connectivity index (χ1) is 10.1. The van der Waals surface area contributed by atoms with E-state index in [9.17, 15) is 9.59 Å². The Labute approximate surface area is 125 Å². The Morgan fingerprint density at radius 1 is 1.38 bits per heavy atom. The molecule has 0 bridgehead atoms. The zero-order chi connectivity index (χ0) is 15.4. The highest BCUT2D eigenvalue weighted by molar-refractivity contribution is 6.05. The Kier molecular flexibility index (Phi) is 5.07. The smallest absolute Gasteiger partial charge is 0.247 e. The molecule has 5 nitrogen and oxygen atoms in total. The van der Waals surface area contributed by atoms with Crippen LogP contribution in [0.1, 0.15) is 44.2 Å². The molecule has 5 heteroatoms. The van der Waals surface area contributed by atoms with Crippen molar-refractivity contribution in [1.82, 2.24) is 15.2 Å². The molecule has 1 saturated heterocycles. The fourth-order valence-corrected chi connectivity index (χ4v) is 2.76. The summed E-state index contributed by atoms with van der Waals surface area (Å²) in [5.74, 6) is -0.149.